The van der Waals surface area contributed by atoms with E-state index in [0.717, 1.165) is 24.2 Å². The lowest BCUT2D eigenvalue weighted by Crippen LogP contribution is -2.27. The van der Waals surface area contributed by atoms with Gasteiger partial charge in [-0.3, -0.25) is 9.59 Å². The summed E-state index contributed by atoms with van der Waals surface area (Å²) in [5, 5.41) is 10.2. The number of carbonyl (C=O) groups excluding carboxylic acids is 2. The maximum atomic E-state index is 12.9. The molecule has 0 atom stereocenters. The van der Waals surface area contributed by atoms with Crippen molar-refractivity contribution in [1.82, 2.24) is 24.8 Å². The van der Waals surface area contributed by atoms with Crippen LogP contribution in [0.5, 0.6) is 11.5 Å². The maximum absolute atomic E-state index is 12.9. The third-order valence-corrected chi connectivity index (χ3v) is 5.74. The van der Waals surface area contributed by atoms with Gasteiger partial charge in [-0.05, 0) is 75.6 Å². The molecule has 4 rings (SSSR count). The Morgan fingerprint density at radius 3 is 2.41 bits per heavy atom. The van der Waals surface area contributed by atoms with Crippen molar-refractivity contribution in [1.29, 1.82) is 0 Å². The van der Waals surface area contributed by atoms with Crippen LogP contribution in [0.2, 0.25) is 0 Å². The van der Waals surface area contributed by atoms with Gasteiger partial charge in [-0.25, -0.2) is 9.50 Å². The Hall–Kier alpha value is -4.44. The molecule has 0 aliphatic rings. The van der Waals surface area contributed by atoms with Gasteiger partial charge < -0.3 is 25.0 Å². The highest BCUT2D eigenvalue weighted by Gasteiger charge is 2.16. The van der Waals surface area contributed by atoms with Crippen molar-refractivity contribution in [2.24, 2.45) is 0 Å². The summed E-state index contributed by atoms with van der Waals surface area (Å²) >= 11 is 0. The first kappa shape index (κ1) is 25.6. The zero-order valence-electron chi connectivity index (χ0n) is 21.3. The van der Waals surface area contributed by atoms with Crippen LogP contribution in [0.25, 0.3) is 16.9 Å². The number of fused-ring (bicyclic) bond motifs is 1. The van der Waals surface area contributed by atoms with E-state index in [4.69, 9.17) is 9.47 Å². The number of carbonyl (C=O) groups is 2. The van der Waals surface area contributed by atoms with E-state index in [2.05, 4.69) is 25.6 Å². The summed E-state index contributed by atoms with van der Waals surface area (Å²) in [6.45, 7) is 1.50. The Kier molecular flexibility index (Phi) is 7.99. The van der Waals surface area contributed by atoms with E-state index in [-0.39, 0.29) is 17.5 Å². The minimum atomic E-state index is -0.385. The molecule has 10 heteroatoms. The second-order valence-corrected chi connectivity index (χ2v) is 8.64. The second kappa shape index (κ2) is 11.5. The summed E-state index contributed by atoms with van der Waals surface area (Å²) < 4.78 is 12.3. The van der Waals surface area contributed by atoms with Crippen LogP contribution < -0.4 is 20.1 Å². The van der Waals surface area contributed by atoms with E-state index in [0.29, 0.717) is 34.9 Å². The van der Waals surface area contributed by atoms with E-state index in [9.17, 15) is 9.59 Å². The highest BCUT2D eigenvalue weighted by molar-refractivity contribution is 6.04. The Bertz CT molecular complexity index is 1400. The van der Waals surface area contributed by atoms with Crippen LogP contribution in [0.3, 0.4) is 0 Å². The molecule has 0 saturated heterocycles. The lowest BCUT2D eigenvalue weighted by Gasteiger charge is -2.10. The van der Waals surface area contributed by atoms with Crippen molar-refractivity contribution < 1.29 is 19.1 Å². The second-order valence-electron chi connectivity index (χ2n) is 8.64. The van der Waals surface area contributed by atoms with Crippen molar-refractivity contribution in [2.75, 3.05) is 46.7 Å². The quantitative estimate of drug-likeness (QED) is 0.320. The van der Waals surface area contributed by atoms with E-state index < -0.39 is 0 Å². The molecule has 0 spiro atoms. The summed E-state index contributed by atoms with van der Waals surface area (Å²) in [7, 11) is 7.14. The van der Waals surface area contributed by atoms with Crippen LogP contribution in [-0.4, -0.2) is 72.7 Å². The number of nitrogens with one attached hydrogen (secondary N) is 2. The number of rotatable bonds is 10. The molecular formula is C27H30N6O4. The van der Waals surface area contributed by atoms with E-state index in [1.807, 2.05) is 38.4 Å². The first-order valence-corrected chi connectivity index (χ1v) is 11.8. The molecule has 0 aliphatic heterocycles. The normalized spacial score (nSPS) is 10.9. The minimum absolute atomic E-state index is 0.147. The first-order chi connectivity index (χ1) is 17.9. The van der Waals surface area contributed by atoms with Gasteiger partial charge in [0.15, 0.2) is 22.8 Å². The zero-order valence-corrected chi connectivity index (χ0v) is 21.3. The zero-order chi connectivity index (χ0) is 26.4. The molecule has 4 aromatic rings. The molecule has 2 amide bonds. The van der Waals surface area contributed by atoms with Crippen molar-refractivity contribution in [3.63, 3.8) is 0 Å². The Balaban J connectivity index is 1.47. The van der Waals surface area contributed by atoms with Crippen molar-refractivity contribution in [2.45, 2.75) is 6.42 Å². The monoisotopic (exact) mass is 502 g/mol. The predicted molar refractivity (Wildman–Crippen MR) is 141 cm³/mol. The number of amides is 2. The topological polar surface area (TPSA) is 110 Å². The molecule has 37 heavy (non-hydrogen) atoms. The van der Waals surface area contributed by atoms with Crippen LogP contribution in [0.4, 0.5) is 5.69 Å². The SMILES string of the molecule is COc1ccc(-c2ccnc3cc(C(=O)Nc4ccc(C(=O)NCCCN(C)C)cc4)nn23)cc1OC. The van der Waals surface area contributed by atoms with Crippen molar-refractivity contribution >= 4 is 23.1 Å². The van der Waals surface area contributed by atoms with E-state index in [1.54, 1.807) is 55.3 Å². The van der Waals surface area contributed by atoms with Gasteiger partial charge in [0.25, 0.3) is 11.8 Å². The fourth-order valence-corrected chi connectivity index (χ4v) is 3.82. The number of ether oxygens (including phenoxy) is 2. The molecule has 0 bridgehead atoms. The highest BCUT2D eigenvalue weighted by Crippen LogP contribution is 2.32. The summed E-state index contributed by atoms with van der Waals surface area (Å²) in [5.41, 5.74) is 3.39. The lowest BCUT2D eigenvalue weighted by atomic mass is 10.1. The first-order valence-electron chi connectivity index (χ1n) is 11.8. The third-order valence-electron chi connectivity index (χ3n) is 5.74. The molecule has 0 saturated carbocycles. The molecule has 0 radical (unpaired) electrons. The smallest absolute Gasteiger partial charge is 0.276 e. The number of anilines is 1. The number of hydrogen-bond acceptors (Lipinski definition) is 7. The number of aromatic nitrogens is 3. The lowest BCUT2D eigenvalue weighted by molar-refractivity contribution is 0.0951. The fourth-order valence-electron chi connectivity index (χ4n) is 3.82. The predicted octanol–water partition coefficient (Wildman–Crippen LogP) is 3.35. The van der Waals surface area contributed by atoms with Crippen molar-refractivity contribution in [3.8, 4) is 22.8 Å². The molecule has 10 nitrogen and oxygen atoms in total. The van der Waals surface area contributed by atoms with Gasteiger partial charge in [0, 0.05) is 35.6 Å². The molecule has 2 aromatic carbocycles. The molecule has 2 heterocycles. The highest BCUT2D eigenvalue weighted by atomic mass is 16.5. The van der Waals surface area contributed by atoms with Crippen LogP contribution in [0.1, 0.15) is 27.3 Å². The minimum Gasteiger partial charge on any atom is -0.493 e. The van der Waals surface area contributed by atoms with Crippen LogP contribution in [0.15, 0.2) is 60.8 Å². The number of hydrogen-bond donors (Lipinski definition) is 2. The van der Waals surface area contributed by atoms with Gasteiger partial charge in [0.05, 0.1) is 19.9 Å². The van der Waals surface area contributed by atoms with Gasteiger partial charge in [-0.15, -0.1) is 0 Å². The molecule has 0 unspecified atom stereocenters. The van der Waals surface area contributed by atoms with Crippen LogP contribution >= 0.6 is 0 Å². The van der Waals surface area contributed by atoms with Gasteiger partial charge >= 0.3 is 0 Å². The van der Waals surface area contributed by atoms with Gasteiger partial charge in [-0.1, -0.05) is 0 Å². The number of nitrogens with zero attached hydrogens (tertiary/aromatic N) is 4. The van der Waals surface area contributed by atoms with Gasteiger partial charge in [0.1, 0.15) is 0 Å². The van der Waals surface area contributed by atoms with Gasteiger partial charge in [0.2, 0.25) is 0 Å². The molecule has 2 aromatic heterocycles. The van der Waals surface area contributed by atoms with Crippen molar-refractivity contribution in [3.05, 3.63) is 72.1 Å². The molecule has 2 N–H and O–H groups in total. The number of benzene rings is 2. The fraction of sp³-hybridized carbons (Fsp3) is 0.259. The summed E-state index contributed by atoms with van der Waals surface area (Å²) in [6, 6.07) is 15.7. The van der Waals surface area contributed by atoms with Gasteiger partial charge in [-0.2, -0.15) is 5.10 Å². The van der Waals surface area contributed by atoms with Crippen LogP contribution in [0, 0.1) is 0 Å². The number of methoxy groups -OCH3 is 2. The Labute approximate surface area is 215 Å². The van der Waals surface area contributed by atoms with E-state index in [1.165, 1.54) is 0 Å². The summed E-state index contributed by atoms with van der Waals surface area (Å²) in [4.78, 5) is 31.7. The third kappa shape index (κ3) is 6.04. The molecule has 192 valence electrons. The Morgan fingerprint density at radius 2 is 1.70 bits per heavy atom. The average molecular weight is 503 g/mol. The average Bonchev–Trinajstić information content (AvgIpc) is 3.36. The Morgan fingerprint density at radius 1 is 0.946 bits per heavy atom. The molecule has 0 aliphatic carbocycles. The maximum Gasteiger partial charge on any atom is 0.276 e. The largest absolute Gasteiger partial charge is 0.493 e. The summed E-state index contributed by atoms with van der Waals surface area (Å²) in [5.74, 6) is 0.668. The van der Waals surface area contributed by atoms with Crippen LogP contribution in [-0.2, 0) is 0 Å². The standard InChI is InChI=1S/C27H30N6O4/c1-32(2)15-5-13-29-26(34)18-6-9-20(10-7-18)30-27(35)21-17-25-28-14-12-22(33(25)31-21)19-8-11-23(36-3)24(16-19)37-4/h6-12,14,16-17H,5,13,15H2,1-4H3,(H,29,34)(H,30,35). The van der Waals surface area contributed by atoms with E-state index >= 15 is 0 Å². The molecular weight excluding hydrogens is 472 g/mol. The molecule has 0 fully saturated rings. The summed E-state index contributed by atoms with van der Waals surface area (Å²) in [6.07, 6.45) is 2.53.